The second kappa shape index (κ2) is 29.8. The first kappa shape index (κ1) is 77.5. The zero-order chi connectivity index (χ0) is 81.9. The number of amides is 6. The molecule has 1 aliphatic carbocycles. The van der Waals surface area contributed by atoms with E-state index in [0.29, 0.717) is 146 Å². The molecule has 5 aliphatic heterocycles. The van der Waals surface area contributed by atoms with E-state index in [1.165, 1.54) is 7.11 Å². The molecule has 0 saturated heterocycles. The van der Waals surface area contributed by atoms with Crippen molar-refractivity contribution in [2.75, 3.05) is 39.0 Å². The number of carbonyl (C=O) groups is 8. The van der Waals surface area contributed by atoms with Gasteiger partial charge in [0.25, 0.3) is 0 Å². The lowest BCUT2D eigenvalue weighted by Gasteiger charge is -2.53. The Labute approximate surface area is 671 Å². The second-order valence-corrected chi connectivity index (χ2v) is 31.9. The van der Waals surface area contributed by atoms with Crippen molar-refractivity contribution in [3.8, 4) is 92.0 Å². The van der Waals surface area contributed by atoms with Crippen molar-refractivity contribution in [2.24, 2.45) is 10.8 Å². The highest BCUT2D eigenvalue weighted by Gasteiger charge is 2.61. The Hall–Kier alpha value is -12.4. The fourth-order valence-electron chi connectivity index (χ4n) is 18.5. The molecule has 8 aromatic carbocycles. The molecule has 6 aliphatic rings. The van der Waals surface area contributed by atoms with Gasteiger partial charge in [0.15, 0.2) is 46.0 Å². The van der Waals surface area contributed by atoms with E-state index in [1.54, 1.807) is 94.6 Å². The van der Waals surface area contributed by atoms with Crippen LogP contribution < -0.4 is 69.8 Å². The van der Waals surface area contributed by atoms with Crippen LogP contribution in [0.1, 0.15) is 252 Å². The van der Waals surface area contributed by atoms with Crippen LogP contribution in [0.3, 0.4) is 0 Å². The number of benzene rings is 8. The van der Waals surface area contributed by atoms with Crippen LogP contribution >= 0.6 is 0 Å². The topological polar surface area (TPSA) is 310 Å². The Morgan fingerprint density at radius 1 is 0.345 bits per heavy atom. The van der Waals surface area contributed by atoms with E-state index >= 15 is 4.79 Å². The monoisotopic (exact) mass is 1570 g/mol. The Morgan fingerprint density at radius 2 is 0.586 bits per heavy atom. The number of ether oxygens (including phenoxy) is 9. The SMILES string of the molecule is CCC(=O)Nc1cc2c(cc1NC(=O)CC)Oc1cc3c4cc1C(CC)c1cc5c(cc1O2)Oc1cc(NC(=O)CC)c(NC(=O)CC)cc1Oc1cc2c(cc1C5CC)C(CC)c1cc(c(cc1Oc1cc5c(cc1O2)nc1n5C(=O)C2(C)CC1(C)C[C@@](C)(C(=O)OC)C2)Oc1cc(NC(=O)CC)c(NC(=O)CC)cc1O3)C4CC. The van der Waals surface area contributed by atoms with Gasteiger partial charge in [-0.1, -0.05) is 83.1 Å². The number of nitrogens with zero attached hydrogens (tertiary/aromatic N) is 2. The summed E-state index contributed by atoms with van der Waals surface area (Å²) in [6, 6.07) is 29.2. The third kappa shape index (κ3) is 13.3. The summed E-state index contributed by atoms with van der Waals surface area (Å²) >= 11 is 0. The fraction of sp³-hybridized carbons (Fsp3) is 0.374. The molecule has 1 fully saturated rings. The van der Waals surface area contributed by atoms with E-state index in [-0.39, 0.29) is 166 Å². The minimum absolute atomic E-state index is 0.0985. The number of anilines is 6. The summed E-state index contributed by atoms with van der Waals surface area (Å²) in [5.74, 6) is -0.800. The summed E-state index contributed by atoms with van der Waals surface area (Å²) in [6.07, 6.45) is 3.35. The van der Waals surface area contributed by atoms with Crippen LogP contribution in [0, 0.1) is 10.8 Å². The van der Waals surface area contributed by atoms with Crippen molar-refractivity contribution in [1.29, 1.82) is 0 Å². The molecule has 0 spiro atoms. The first-order valence-electron chi connectivity index (χ1n) is 40.4. The van der Waals surface area contributed by atoms with Gasteiger partial charge in [-0.15, -0.1) is 0 Å². The minimum Gasteiger partial charge on any atom is -0.469 e. The molecule has 1 aromatic heterocycles. The van der Waals surface area contributed by atoms with Crippen molar-refractivity contribution in [1.82, 2.24) is 9.55 Å². The highest BCUT2D eigenvalue weighted by atomic mass is 16.6. The van der Waals surface area contributed by atoms with Gasteiger partial charge >= 0.3 is 5.97 Å². The third-order valence-corrected chi connectivity index (χ3v) is 23.8. The van der Waals surface area contributed by atoms with Gasteiger partial charge in [0.2, 0.25) is 41.4 Å². The summed E-state index contributed by atoms with van der Waals surface area (Å²) < 4.78 is 66.9. The molecule has 116 heavy (non-hydrogen) atoms. The van der Waals surface area contributed by atoms with Crippen LogP contribution in [0.2, 0.25) is 0 Å². The van der Waals surface area contributed by atoms with Crippen LogP contribution in [0.5, 0.6) is 92.0 Å². The summed E-state index contributed by atoms with van der Waals surface area (Å²) in [4.78, 5) is 117. The number of aromatic nitrogens is 2. The highest BCUT2D eigenvalue weighted by Crippen LogP contribution is 2.63. The average molecular weight is 1570 g/mol. The number of nitrogens with one attached hydrogen (secondary N) is 6. The number of hydrogen-bond acceptors (Lipinski definition) is 18. The van der Waals surface area contributed by atoms with E-state index in [1.807, 2.05) is 38.1 Å². The van der Waals surface area contributed by atoms with Gasteiger partial charge in [-0.2, -0.15) is 0 Å². The molecule has 2 bridgehead atoms. The van der Waals surface area contributed by atoms with Crippen LogP contribution in [0.4, 0.5) is 34.1 Å². The number of hydrogen-bond donors (Lipinski definition) is 6. The molecular weight excluding hydrogens is 1480 g/mol. The van der Waals surface area contributed by atoms with Crippen molar-refractivity contribution in [3.05, 3.63) is 147 Å². The molecule has 9 aromatic rings. The Balaban J connectivity index is 1.05. The predicted octanol–water partition coefficient (Wildman–Crippen LogP) is 21.5. The molecule has 7 atom stereocenters. The number of esters is 1. The first-order valence-corrected chi connectivity index (χ1v) is 40.4. The van der Waals surface area contributed by atoms with E-state index in [4.69, 9.17) is 47.6 Å². The number of rotatable bonds is 17. The molecule has 25 heteroatoms. The summed E-state index contributed by atoms with van der Waals surface area (Å²) in [6.45, 7) is 24.5. The Kier molecular flexibility index (Phi) is 19.9. The predicted molar refractivity (Wildman–Crippen MR) is 438 cm³/mol. The van der Waals surface area contributed by atoms with Gasteiger partial charge in [0, 0.05) is 190 Å². The Bertz CT molecular complexity index is 5690. The quantitative estimate of drug-likeness (QED) is 0.0461. The van der Waals surface area contributed by atoms with Crippen molar-refractivity contribution in [3.63, 3.8) is 0 Å². The van der Waals surface area contributed by atoms with Crippen LogP contribution in [-0.2, 0) is 43.7 Å². The zero-order valence-corrected chi connectivity index (χ0v) is 67.6. The Morgan fingerprint density at radius 3 is 0.828 bits per heavy atom. The second-order valence-electron chi connectivity index (χ2n) is 31.9. The third-order valence-electron chi connectivity index (χ3n) is 23.8. The van der Waals surface area contributed by atoms with Crippen molar-refractivity contribution in [2.45, 2.75) is 203 Å². The molecule has 0 radical (unpaired) electrons. The van der Waals surface area contributed by atoms with E-state index in [0.717, 1.165) is 0 Å². The van der Waals surface area contributed by atoms with E-state index in [2.05, 4.69) is 90.8 Å². The van der Waals surface area contributed by atoms with E-state index in [9.17, 15) is 33.6 Å². The molecule has 600 valence electrons. The van der Waals surface area contributed by atoms with Gasteiger partial charge in [-0.05, 0) is 76.1 Å². The van der Waals surface area contributed by atoms with Crippen LogP contribution in [-0.4, -0.2) is 64.0 Å². The molecule has 6 amide bonds. The maximum absolute atomic E-state index is 15.6. The number of fused-ring (bicyclic) bond motifs is 18. The van der Waals surface area contributed by atoms with Crippen molar-refractivity contribution >= 4 is 92.5 Å². The summed E-state index contributed by atoms with van der Waals surface area (Å²) in [5.41, 5.74) is 4.97. The summed E-state index contributed by atoms with van der Waals surface area (Å²) in [7, 11) is 1.37. The lowest BCUT2D eigenvalue weighted by molar-refractivity contribution is -0.158. The maximum Gasteiger partial charge on any atom is 0.311 e. The molecule has 15 rings (SSSR count). The van der Waals surface area contributed by atoms with Crippen LogP contribution in [0.15, 0.2) is 97.1 Å². The molecule has 6 N–H and O–H groups in total. The zero-order valence-electron chi connectivity index (χ0n) is 67.6. The number of carbonyl (C=O) groups excluding carboxylic acids is 8. The standard InChI is InChI=1S/C91H94N8O17/c1-15-44-48-25-50-45(16-2)52-27-54-47(18-4)55-28-53-46(17-3)51-26-49(44)65-38-67(51)112-76-33-60(96-84(104)23-9)61(97-85(105)24-10)34-77(76)114-69(53)40-71(55)116-79-36-63-62(98-86-89(11)41-90(12,87(106)99(63)86)43-91(13,42-89)88(107)108-14)35-78(79)115-70(54)39-68(52)113-75-32-59(95-83(103)22-8)58(94-82(102)21-7)31-74(75)111-66(50)37-64(48)109-72-29-56(92-80(100)19-5)57(30-73(72)110-65)93-81(101)20-6/h25-40,44-47H,15-24,41-43H2,1-14H3,(H,92,100)(H,93,101)(H,94,102)(H,95,103)(H,96,104)(H,97,105)/t44?,45?,46?,47?,89?,90?,91-/m1/s1. The van der Waals surface area contributed by atoms with Gasteiger partial charge in [0.1, 0.15) is 51.8 Å². The maximum atomic E-state index is 15.6. The molecule has 6 unspecified atom stereocenters. The number of imidazole rings is 1. The fourth-order valence-corrected chi connectivity index (χ4v) is 18.5. The van der Waals surface area contributed by atoms with Gasteiger partial charge in [-0.3, -0.25) is 42.9 Å². The van der Waals surface area contributed by atoms with Crippen molar-refractivity contribution < 1.29 is 81.0 Å². The minimum atomic E-state index is -1.02. The lowest BCUT2D eigenvalue weighted by Crippen LogP contribution is -2.56. The highest BCUT2D eigenvalue weighted by molar-refractivity contribution is 6.04. The molecule has 25 nitrogen and oxygen atoms in total. The number of methoxy groups -OCH3 is 1. The van der Waals surface area contributed by atoms with Gasteiger partial charge < -0.3 is 74.5 Å². The molecular formula is C91H94N8O17. The van der Waals surface area contributed by atoms with Gasteiger partial charge in [0.05, 0.1) is 57.7 Å². The lowest BCUT2D eigenvalue weighted by atomic mass is 9.52. The van der Waals surface area contributed by atoms with E-state index < -0.39 is 45.9 Å². The van der Waals surface area contributed by atoms with Crippen LogP contribution in [0.25, 0.3) is 11.0 Å². The summed E-state index contributed by atoms with van der Waals surface area (Å²) in [5, 5.41) is 18.0. The first-order chi connectivity index (χ1) is 55.7. The largest absolute Gasteiger partial charge is 0.469 e. The average Bonchev–Trinajstić information content (AvgIpc) is 1.46. The van der Waals surface area contributed by atoms with Gasteiger partial charge in [-0.25, -0.2) is 4.98 Å². The smallest absolute Gasteiger partial charge is 0.311 e. The molecule has 6 heterocycles. The molecule has 1 saturated carbocycles. The normalized spacial score (nSPS) is 20.3.